The largest absolute Gasteiger partial charge is 0.493 e. The molecule has 0 unspecified atom stereocenters. The van der Waals surface area contributed by atoms with E-state index in [4.69, 9.17) is 4.74 Å². The fourth-order valence-corrected chi connectivity index (χ4v) is 3.33. The van der Waals surface area contributed by atoms with E-state index in [-0.39, 0.29) is 5.57 Å². The van der Waals surface area contributed by atoms with Gasteiger partial charge >= 0.3 is 6.03 Å². The Morgan fingerprint density at radius 3 is 2.33 bits per heavy atom. The van der Waals surface area contributed by atoms with Gasteiger partial charge in [-0.15, -0.1) is 0 Å². The summed E-state index contributed by atoms with van der Waals surface area (Å²) < 4.78 is 5.77. The summed E-state index contributed by atoms with van der Waals surface area (Å²) in [4.78, 5) is 40.9. The number of carbonyl (C=O) groups is 3. The van der Waals surface area contributed by atoms with Gasteiger partial charge in [0.25, 0.3) is 11.8 Å². The first-order valence-corrected chi connectivity index (χ1v) is 9.98. The van der Waals surface area contributed by atoms with E-state index in [1.807, 2.05) is 25.1 Å². The van der Waals surface area contributed by atoms with Gasteiger partial charge < -0.3 is 9.64 Å². The number of hydrogen-bond acceptors (Lipinski definition) is 5. The van der Waals surface area contributed by atoms with Crippen molar-refractivity contribution >= 4 is 35.3 Å². The molecule has 3 rings (SSSR count). The van der Waals surface area contributed by atoms with E-state index in [1.54, 1.807) is 30.3 Å². The normalized spacial score (nSPS) is 15.4. The Morgan fingerprint density at radius 1 is 1.00 bits per heavy atom. The molecule has 4 amide bonds. The van der Waals surface area contributed by atoms with Gasteiger partial charge in [-0.2, -0.15) is 0 Å². The van der Waals surface area contributed by atoms with E-state index in [0.29, 0.717) is 23.6 Å². The Hall–Kier alpha value is -3.61. The minimum absolute atomic E-state index is 0.130. The summed E-state index contributed by atoms with van der Waals surface area (Å²) in [5, 5.41) is 2.24. The zero-order valence-corrected chi connectivity index (χ0v) is 17.3. The third-order valence-electron chi connectivity index (χ3n) is 4.84. The molecule has 0 aliphatic carbocycles. The van der Waals surface area contributed by atoms with Crippen LogP contribution in [0.3, 0.4) is 0 Å². The standard InChI is InChI=1S/C23H25N3O4/c1-4-25(5-2)18-13-12-16(20(15-18)30-6-3)14-19-21(27)24-23(29)26(22(19)28)17-10-8-7-9-11-17/h7-15H,4-6H2,1-3H3,(H,24,27,29)/b19-14-. The lowest BCUT2D eigenvalue weighted by Crippen LogP contribution is -2.54. The van der Waals surface area contributed by atoms with E-state index in [1.165, 1.54) is 6.08 Å². The zero-order chi connectivity index (χ0) is 21.7. The molecular weight excluding hydrogens is 382 g/mol. The first-order chi connectivity index (χ1) is 14.5. The van der Waals surface area contributed by atoms with Gasteiger partial charge in [0.1, 0.15) is 11.3 Å². The quantitative estimate of drug-likeness (QED) is 0.560. The van der Waals surface area contributed by atoms with Gasteiger partial charge in [0.05, 0.1) is 12.3 Å². The summed E-state index contributed by atoms with van der Waals surface area (Å²) in [5.74, 6) is -0.837. The van der Waals surface area contributed by atoms with Crippen molar-refractivity contribution in [2.45, 2.75) is 20.8 Å². The number of rotatable bonds is 7. The highest BCUT2D eigenvalue weighted by Gasteiger charge is 2.36. The van der Waals surface area contributed by atoms with E-state index in [0.717, 1.165) is 23.7 Å². The molecular formula is C23H25N3O4. The molecule has 0 bridgehead atoms. The van der Waals surface area contributed by atoms with Crippen LogP contribution >= 0.6 is 0 Å². The van der Waals surface area contributed by atoms with Gasteiger partial charge in [-0.25, -0.2) is 9.69 Å². The second-order valence-electron chi connectivity index (χ2n) is 6.62. The van der Waals surface area contributed by atoms with E-state index in [9.17, 15) is 14.4 Å². The molecule has 30 heavy (non-hydrogen) atoms. The van der Waals surface area contributed by atoms with Gasteiger partial charge in [-0.1, -0.05) is 18.2 Å². The lowest BCUT2D eigenvalue weighted by Gasteiger charge is -2.26. The Labute approximate surface area is 175 Å². The molecule has 0 aromatic heterocycles. The van der Waals surface area contributed by atoms with Crippen molar-refractivity contribution in [3.63, 3.8) is 0 Å². The van der Waals surface area contributed by atoms with Gasteiger partial charge in [0.15, 0.2) is 0 Å². The molecule has 7 heteroatoms. The molecule has 1 N–H and O–H groups in total. The van der Waals surface area contributed by atoms with Gasteiger partial charge in [-0.05, 0) is 51.1 Å². The number of ether oxygens (including phenoxy) is 1. The summed E-state index contributed by atoms with van der Waals surface area (Å²) in [7, 11) is 0. The van der Waals surface area contributed by atoms with Crippen molar-refractivity contribution < 1.29 is 19.1 Å². The van der Waals surface area contributed by atoms with Crippen LogP contribution in [-0.4, -0.2) is 37.5 Å². The van der Waals surface area contributed by atoms with Crippen molar-refractivity contribution in [2.75, 3.05) is 29.5 Å². The second kappa shape index (κ2) is 9.26. The number of amides is 4. The fraction of sp³-hybridized carbons (Fsp3) is 0.261. The third-order valence-corrected chi connectivity index (χ3v) is 4.84. The summed E-state index contributed by atoms with van der Waals surface area (Å²) in [6.45, 7) is 8.14. The smallest absolute Gasteiger partial charge is 0.335 e. The van der Waals surface area contributed by atoms with Gasteiger partial charge in [0, 0.05) is 30.4 Å². The minimum atomic E-state index is -0.768. The molecule has 1 saturated heterocycles. The predicted molar refractivity (Wildman–Crippen MR) is 117 cm³/mol. The molecule has 0 radical (unpaired) electrons. The number of barbiturate groups is 1. The molecule has 2 aromatic rings. The van der Waals surface area contributed by atoms with Crippen LogP contribution in [0.15, 0.2) is 54.1 Å². The highest BCUT2D eigenvalue weighted by Crippen LogP contribution is 2.29. The van der Waals surface area contributed by atoms with Crippen molar-refractivity contribution in [1.82, 2.24) is 5.32 Å². The summed E-state index contributed by atoms with van der Waals surface area (Å²) in [6, 6.07) is 13.4. The Morgan fingerprint density at radius 2 is 1.70 bits per heavy atom. The summed E-state index contributed by atoms with van der Waals surface area (Å²) >= 11 is 0. The number of carbonyl (C=O) groups excluding carboxylic acids is 3. The van der Waals surface area contributed by atoms with Gasteiger partial charge in [-0.3, -0.25) is 14.9 Å². The average Bonchev–Trinajstić information content (AvgIpc) is 2.74. The summed E-state index contributed by atoms with van der Waals surface area (Å²) in [5.41, 5.74) is 1.84. The predicted octanol–water partition coefficient (Wildman–Crippen LogP) is 3.60. The van der Waals surface area contributed by atoms with E-state index in [2.05, 4.69) is 24.1 Å². The molecule has 1 aliphatic rings. The molecule has 1 aliphatic heterocycles. The lowest BCUT2D eigenvalue weighted by molar-refractivity contribution is -0.122. The van der Waals surface area contributed by atoms with Crippen LogP contribution < -0.4 is 19.9 Å². The van der Waals surface area contributed by atoms with Crippen molar-refractivity contribution in [3.05, 3.63) is 59.7 Å². The van der Waals surface area contributed by atoms with Crippen molar-refractivity contribution in [3.8, 4) is 5.75 Å². The topological polar surface area (TPSA) is 79.0 Å². The first kappa shape index (κ1) is 21.1. The van der Waals surface area contributed by atoms with Crippen LogP contribution in [0.25, 0.3) is 6.08 Å². The van der Waals surface area contributed by atoms with Crippen LogP contribution in [0.2, 0.25) is 0 Å². The van der Waals surface area contributed by atoms with Crippen LogP contribution in [0.4, 0.5) is 16.2 Å². The van der Waals surface area contributed by atoms with Gasteiger partial charge in [0.2, 0.25) is 0 Å². The van der Waals surface area contributed by atoms with Crippen LogP contribution in [0.5, 0.6) is 5.75 Å². The molecule has 156 valence electrons. The molecule has 2 aromatic carbocycles. The number of nitrogens with zero attached hydrogens (tertiary/aromatic N) is 2. The number of urea groups is 1. The molecule has 0 spiro atoms. The number of imide groups is 2. The second-order valence-corrected chi connectivity index (χ2v) is 6.62. The summed E-state index contributed by atoms with van der Waals surface area (Å²) in [6.07, 6.45) is 1.47. The lowest BCUT2D eigenvalue weighted by atomic mass is 10.1. The molecule has 0 atom stereocenters. The minimum Gasteiger partial charge on any atom is -0.493 e. The number of anilines is 2. The van der Waals surface area contributed by atoms with E-state index >= 15 is 0 Å². The highest BCUT2D eigenvalue weighted by molar-refractivity contribution is 6.39. The number of hydrogen-bond donors (Lipinski definition) is 1. The molecule has 1 heterocycles. The highest BCUT2D eigenvalue weighted by atomic mass is 16.5. The van der Waals surface area contributed by atoms with E-state index < -0.39 is 17.8 Å². The molecule has 0 saturated carbocycles. The maximum Gasteiger partial charge on any atom is 0.335 e. The van der Waals surface area contributed by atoms with Crippen molar-refractivity contribution in [1.29, 1.82) is 0 Å². The van der Waals surface area contributed by atoms with Crippen LogP contribution in [0.1, 0.15) is 26.3 Å². The molecule has 7 nitrogen and oxygen atoms in total. The molecule has 1 fully saturated rings. The SMILES string of the molecule is CCOc1cc(N(CC)CC)ccc1/C=C1/C(=O)NC(=O)N(c2ccccc2)C1=O. The number of nitrogens with one attached hydrogen (secondary N) is 1. The third kappa shape index (κ3) is 4.20. The maximum atomic E-state index is 13.0. The Balaban J connectivity index is 2.02. The number of benzene rings is 2. The van der Waals surface area contributed by atoms with Crippen LogP contribution in [0, 0.1) is 0 Å². The fourth-order valence-electron chi connectivity index (χ4n) is 3.33. The average molecular weight is 407 g/mol. The Bertz CT molecular complexity index is 981. The zero-order valence-electron chi connectivity index (χ0n) is 17.3. The van der Waals surface area contributed by atoms with Crippen molar-refractivity contribution in [2.24, 2.45) is 0 Å². The Kier molecular flexibility index (Phi) is 6.51. The number of para-hydroxylation sites is 1. The first-order valence-electron chi connectivity index (χ1n) is 9.98. The van der Waals surface area contributed by atoms with Crippen LogP contribution in [-0.2, 0) is 9.59 Å². The monoisotopic (exact) mass is 407 g/mol. The maximum absolute atomic E-state index is 13.0.